The van der Waals surface area contributed by atoms with Gasteiger partial charge in [-0.25, -0.2) is 0 Å². The fraction of sp³-hybridized carbons (Fsp3) is 0.667. The van der Waals surface area contributed by atoms with Crippen LogP contribution in [0.15, 0.2) is 134 Å². The quantitative estimate of drug-likeness (QED) is 0.0261. The van der Waals surface area contributed by atoms with Crippen molar-refractivity contribution in [3.63, 3.8) is 0 Å². The molecule has 0 amide bonds. The number of allylic oxidation sites excluding steroid dienone is 22. The summed E-state index contributed by atoms with van der Waals surface area (Å²) in [7, 11) is 0. The van der Waals surface area contributed by atoms with Crippen molar-refractivity contribution in [1.29, 1.82) is 0 Å². The van der Waals surface area contributed by atoms with Gasteiger partial charge in [0.25, 0.3) is 0 Å². The van der Waals surface area contributed by atoms with Gasteiger partial charge in [-0.05, 0) is 141 Å². The van der Waals surface area contributed by atoms with Crippen LogP contribution < -0.4 is 0 Å². The van der Waals surface area contributed by atoms with E-state index < -0.39 is 6.10 Å². The maximum atomic E-state index is 12.9. The first-order chi connectivity index (χ1) is 40.0. The van der Waals surface area contributed by atoms with E-state index in [0.29, 0.717) is 19.3 Å². The number of rotatable bonds is 60. The molecule has 460 valence electrons. The predicted octanol–water partition coefficient (Wildman–Crippen LogP) is 23.3. The van der Waals surface area contributed by atoms with Crippen molar-refractivity contribution >= 4 is 17.9 Å². The van der Waals surface area contributed by atoms with Crippen LogP contribution in [0.4, 0.5) is 0 Å². The molecule has 81 heavy (non-hydrogen) atoms. The second kappa shape index (κ2) is 68.1. The minimum atomic E-state index is -0.805. The third-order valence-electron chi connectivity index (χ3n) is 14.1. The average Bonchev–Trinajstić information content (AvgIpc) is 3.47. The highest BCUT2D eigenvalue weighted by atomic mass is 16.6. The second-order valence-electron chi connectivity index (χ2n) is 22.0. The van der Waals surface area contributed by atoms with E-state index in [9.17, 15) is 14.4 Å². The summed E-state index contributed by atoms with van der Waals surface area (Å²) in [5.41, 5.74) is 0. The van der Waals surface area contributed by atoms with Gasteiger partial charge in [-0.1, -0.05) is 276 Å². The van der Waals surface area contributed by atoms with Crippen LogP contribution in [0.1, 0.15) is 303 Å². The first-order valence-electron chi connectivity index (χ1n) is 33.7. The number of hydrogen-bond acceptors (Lipinski definition) is 6. The fourth-order valence-electron chi connectivity index (χ4n) is 9.07. The minimum absolute atomic E-state index is 0.0980. The zero-order valence-electron chi connectivity index (χ0n) is 52.8. The number of unbranched alkanes of at least 4 members (excludes halogenated alkanes) is 27. The van der Waals surface area contributed by atoms with Crippen LogP contribution in [0.3, 0.4) is 0 Å². The third-order valence-corrected chi connectivity index (χ3v) is 14.1. The Hall–Kier alpha value is -4.45. The van der Waals surface area contributed by atoms with Gasteiger partial charge in [-0.15, -0.1) is 0 Å². The Bertz CT molecular complexity index is 1720. The fourth-order valence-corrected chi connectivity index (χ4v) is 9.07. The SMILES string of the molecule is CC/C=C\C/C=C\C/C=C\C/C=C\C/C=C\CCCCCCCC(=O)OC(COC(=O)CCCCCCCC/C=C\C/C=C\C/C=C\CCCCC)COC(=O)CCCCCCCCCC/C=C\C/C=C\C/C=C\CCCCCCC. The van der Waals surface area contributed by atoms with Crippen LogP contribution >= 0.6 is 0 Å². The maximum Gasteiger partial charge on any atom is 0.306 e. The molecule has 0 aromatic carbocycles. The lowest BCUT2D eigenvalue weighted by Crippen LogP contribution is -2.30. The summed E-state index contributed by atoms with van der Waals surface area (Å²) in [5, 5.41) is 0. The number of carbonyl (C=O) groups is 3. The average molecular weight is 1120 g/mol. The Morgan fingerprint density at radius 2 is 0.481 bits per heavy atom. The Morgan fingerprint density at radius 1 is 0.259 bits per heavy atom. The number of carbonyl (C=O) groups excluding carboxylic acids is 3. The molecule has 1 atom stereocenters. The molecule has 0 aromatic rings. The molecule has 6 heteroatoms. The van der Waals surface area contributed by atoms with Crippen molar-refractivity contribution in [2.24, 2.45) is 0 Å². The molecule has 0 fully saturated rings. The van der Waals surface area contributed by atoms with Crippen molar-refractivity contribution in [3.05, 3.63) is 134 Å². The van der Waals surface area contributed by atoms with Gasteiger partial charge >= 0.3 is 17.9 Å². The molecule has 0 heterocycles. The lowest BCUT2D eigenvalue weighted by atomic mass is 10.1. The van der Waals surface area contributed by atoms with Crippen molar-refractivity contribution in [2.45, 2.75) is 309 Å². The molecule has 0 aliphatic rings. The highest BCUT2D eigenvalue weighted by Crippen LogP contribution is 2.15. The third kappa shape index (κ3) is 66.2. The smallest absolute Gasteiger partial charge is 0.306 e. The van der Waals surface area contributed by atoms with E-state index >= 15 is 0 Å². The molecule has 6 nitrogen and oxygen atoms in total. The van der Waals surface area contributed by atoms with Gasteiger partial charge in [-0.2, -0.15) is 0 Å². The van der Waals surface area contributed by atoms with E-state index in [0.717, 1.165) is 154 Å². The first kappa shape index (κ1) is 76.5. The van der Waals surface area contributed by atoms with Crippen LogP contribution in [0.5, 0.6) is 0 Å². The maximum absolute atomic E-state index is 12.9. The Balaban J connectivity index is 4.48. The molecular weight excluding hydrogens is 997 g/mol. The van der Waals surface area contributed by atoms with Crippen LogP contribution in [0.25, 0.3) is 0 Å². The van der Waals surface area contributed by atoms with Crippen LogP contribution in [-0.4, -0.2) is 37.2 Å². The lowest BCUT2D eigenvalue weighted by Gasteiger charge is -2.18. The first-order valence-corrected chi connectivity index (χ1v) is 33.7. The topological polar surface area (TPSA) is 78.9 Å². The summed E-state index contributed by atoms with van der Waals surface area (Å²) in [4.78, 5) is 38.4. The molecule has 0 saturated carbocycles. The van der Waals surface area contributed by atoms with Gasteiger partial charge in [0, 0.05) is 19.3 Å². The zero-order valence-corrected chi connectivity index (χ0v) is 52.8. The van der Waals surface area contributed by atoms with E-state index in [1.807, 2.05) is 0 Å². The Kier molecular flexibility index (Phi) is 64.3. The summed E-state index contributed by atoms with van der Waals surface area (Å²) in [6, 6.07) is 0. The molecule has 1 unspecified atom stereocenters. The predicted molar refractivity (Wildman–Crippen MR) is 353 cm³/mol. The van der Waals surface area contributed by atoms with Gasteiger partial charge in [0.05, 0.1) is 0 Å². The Labute approximate surface area is 500 Å². The lowest BCUT2D eigenvalue weighted by molar-refractivity contribution is -0.167. The van der Waals surface area contributed by atoms with E-state index in [1.54, 1.807) is 0 Å². The van der Waals surface area contributed by atoms with Crippen molar-refractivity contribution < 1.29 is 28.6 Å². The van der Waals surface area contributed by atoms with Gasteiger partial charge in [0.1, 0.15) is 13.2 Å². The number of hydrogen-bond donors (Lipinski definition) is 0. The van der Waals surface area contributed by atoms with Crippen molar-refractivity contribution in [3.8, 4) is 0 Å². The summed E-state index contributed by atoms with van der Waals surface area (Å²) >= 11 is 0. The largest absolute Gasteiger partial charge is 0.462 e. The van der Waals surface area contributed by atoms with Crippen LogP contribution in [-0.2, 0) is 28.6 Å². The molecule has 0 N–H and O–H groups in total. The summed E-state index contributed by atoms with van der Waals surface area (Å²) in [6.45, 7) is 6.47. The molecule has 0 rings (SSSR count). The molecule has 0 aromatic heterocycles. The second-order valence-corrected chi connectivity index (χ2v) is 22.0. The normalized spacial score (nSPS) is 13.0. The molecule has 0 spiro atoms. The number of esters is 3. The van der Waals surface area contributed by atoms with Crippen molar-refractivity contribution in [1.82, 2.24) is 0 Å². The van der Waals surface area contributed by atoms with Gasteiger partial charge in [-0.3, -0.25) is 14.4 Å². The van der Waals surface area contributed by atoms with Gasteiger partial charge < -0.3 is 14.2 Å². The van der Waals surface area contributed by atoms with Crippen molar-refractivity contribution in [2.75, 3.05) is 13.2 Å². The van der Waals surface area contributed by atoms with E-state index in [-0.39, 0.29) is 31.1 Å². The van der Waals surface area contributed by atoms with Gasteiger partial charge in [0.15, 0.2) is 6.10 Å². The Morgan fingerprint density at radius 3 is 0.778 bits per heavy atom. The van der Waals surface area contributed by atoms with E-state index in [2.05, 4.69) is 154 Å². The molecular formula is C75H124O6. The van der Waals surface area contributed by atoms with Crippen LogP contribution in [0.2, 0.25) is 0 Å². The molecule has 0 bridgehead atoms. The molecule has 0 saturated heterocycles. The highest BCUT2D eigenvalue weighted by molar-refractivity contribution is 5.71. The van der Waals surface area contributed by atoms with E-state index in [1.165, 1.54) is 109 Å². The number of ether oxygens (including phenoxy) is 3. The van der Waals surface area contributed by atoms with E-state index in [4.69, 9.17) is 14.2 Å². The highest BCUT2D eigenvalue weighted by Gasteiger charge is 2.19. The zero-order chi connectivity index (χ0) is 58.5. The standard InChI is InChI=1S/C75H124O6/c1-4-7-10-13-16-19-22-25-28-31-34-36-37-39-41-44-47-50-53-56-59-62-65-68-74(77)80-71-72(70-79-73(76)67-64-61-58-55-52-49-46-43-40-33-30-27-24-21-18-15-12-9-6-3)81-75(78)69-66-63-60-57-54-51-48-45-42-38-35-32-29-26-23-20-17-14-11-8-5-2/h8,11,17-18,20-22,25-27,29-31,34-35,37-40,43,45,48,72H,4-7,9-10,12-16,19,23-24,28,32-33,36,41-42,44,46-47,49-71H2,1-3H3/b11-8-,20-17-,21-18-,25-22-,29-26-,30-27-,34-31-,38-35-,39-37-,43-40-,48-45-. The molecule has 0 aliphatic heterocycles. The minimum Gasteiger partial charge on any atom is -0.462 e. The summed E-state index contributed by atoms with van der Waals surface area (Å²) in [5.74, 6) is -0.931. The monoisotopic (exact) mass is 1120 g/mol. The summed E-state index contributed by atoms with van der Waals surface area (Å²) in [6.07, 6.45) is 95.9. The van der Waals surface area contributed by atoms with Crippen LogP contribution in [0, 0.1) is 0 Å². The molecule has 0 radical (unpaired) electrons. The van der Waals surface area contributed by atoms with Gasteiger partial charge in [0.2, 0.25) is 0 Å². The summed E-state index contributed by atoms with van der Waals surface area (Å²) < 4.78 is 16.9. The molecule has 0 aliphatic carbocycles.